The Morgan fingerprint density at radius 2 is 1.54 bits per heavy atom. The van der Waals surface area contributed by atoms with Gasteiger partial charge in [-0.25, -0.2) is 0 Å². The lowest BCUT2D eigenvalue weighted by atomic mass is 9.95. The van der Waals surface area contributed by atoms with Crippen molar-refractivity contribution >= 4 is 24.8 Å². The van der Waals surface area contributed by atoms with Crippen LogP contribution in [0.2, 0.25) is 0 Å². The van der Waals surface area contributed by atoms with Gasteiger partial charge in [0.25, 0.3) is 0 Å². The van der Waals surface area contributed by atoms with Gasteiger partial charge in [-0.1, -0.05) is 32.0 Å². The van der Waals surface area contributed by atoms with E-state index < -0.39 is 0 Å². The van der Waals surface area contributed by atoms with Gasteiger partial charge in [0.05, 0.1) is 0 Å². The summed E-state index contributed by atoms with van der Waals surface area (Å²) in [5, 5.41) is 0. The Balaban J connectivity index is 0. The van der Waals surface area contributed by atoms with Crippen molar-refractivity contribution in [1.82, 2.24) is 0 Å². The minimum atomic E-state index is 0. The third-order valence-electron chi connectivity index (χ3n) is 2.27. The second kappa shape index (κ2) is 6.28. The number of benzene rings is 1. The van der Waals surface area contributed by atoms with Crippen molar-refractivity contribution in [2.45, 2.75) is 33.6 Å². The predicted octanol–water partition coefficient (Wildman–Crippen LogP) is 4.27. The van der Waals surface area contributed by atoms with Gasteiger partial charge >= 0.3 is 0 Å². The highest BCUT2D eigenvalue weighted by Crippen LogP contribution is 2.20. The molecule has 0 unspecified atom stereocenters. The summed E-state index contributed by atoms with van der Waals surface area (Å²) in [6.07, 6.45) is 0. The molecule has 76 valence electrons. The molecule has 1 aromatic carbocycles. The SMILES string of the molecule is Cc1cccc(C(C)C)c1C.Cl.Cl. The molecular weight excluding hydrogens is 203 g/mol. The van der Waals surface area contributed by atoms with E-state index >= 15 is 0 Å². The normalized spacial score (nSPS) is 9.00. The summed E-state index contributed by atoms with van der Waals surface area (Å²) in [4.78, 5) is 0. The number of halogens is 2. The van der Waals surface area contributed by atoms with E-state index in [9.17, 15) is 0 Å². The summed E-state index contributed by atoms with van der Waals surface area (Å²) >= 11 is 0. The Morgan fingerprint density at radius 3 is 1.92 bits per heavy atom. The molecule has 0 nitrogen and oxygen atoms in total. The number of hydrogen-bond acceptors (Lipinski definition) is 0. The summed E-state index contributed by atoms with van der Waals surface area (Å²) in [7, 11) is 0. The molecule has 0 spiro atoms. The molecule has 0 heterocycles. The molecule has 0 aliphatic carbocycles. The summed E-state index contributed by atoms with van der Waals surface area (Å²) in [5.74, 6) is 0.648. The van der Waals surface area contributed by atoms with Crippen LogP contribution in [0.1, 0.15) is 36.5 Å². The molecule has 0 fully saturated rings. The molecule has 0 amide bonds. The van der Waals surface area contributed by atoms with E-state index in [2.05, 4.69) is 45.9 Å². The predicted molar refractivity (Wildman–Crippen MR) is 64.5 cm³/mol. The van der Waals surface area contributed by atoms with E-state index in [1.54, 1.807) is 0 Å². The smallest absolute Gasteiger partial charge is 0.0216 e. The van der Waals surface area contributed by atoms with Gasteiger partial charge in [0, 0.05) is 0 Å². The summed E-state index contributed by atoms with van der Waals surface area (Å²) in [6, 6.07) is 6.52. The lowest BCUT2D eigenvalue weighted by Crippen LogP contribution is -1.93. The van der Waals surface area contributed by atoms with Gasteiger partial charge in [-0.2, -0.15) is 0 Å². The minimum absolute atomic E-state index is 0. The van der Waals surface area contributed by atoms with E-state index in [0.29, 0.717) is 5.92 Å². The van der Waals surface area contributed by atoms with E-state index in [4.69, 9.17) is 0 Å². The van der Waals surface area contributed by atoms with E-state index in [-0.39, 0.29) is 24.8 Å². The molecule has 0 aliphatic heterocycles. The van der Waals surface area contributed by atoms with Crippen molar-refractivity contribution in [2.24, 2.45) is 0 Å². The van der Waals surface area contributed by atoms with Crippen molar-refractivity contribution in [2.75, 3.05) is 0 Å². The fraction of sp³-hybridized carbons (Fsp3) is 0.455. The van der Waals surface area contributed by atoms with E-state index in [1.165, 1.54) is 16.7 Å². The van der Waals surface area contributed by atoms with Crippen molar-refractivity contribution in [3.8, 4) is 0 Å². The van der Waals surface area contributed by atoms with Gasteiger partial charge in [-0.15, -0.1) is 24.8 Å². The molecule has 0 N–H and O–H groups in total. The standard InChI is InChI=1S/C11H16.2ClH/c1-8(2)11-7-5-6-9(3)10(11)4;;/h5-8H,1-4H3;2*1H. The lowest BCUT2D eigenvalue weighted by molar-refractivity contribution is 0.854. The first-order valence-electron chi connectivity index (χ1n) is 4.19. The van der Waals surface area contributed by atoms with E-state index in [0.717, 1.165) is 0 Å². The lowest BCUT2D eigenvalue weighted by Gasteiger charge is -2.10. The Hall–Kier alpha value is -0.200. The van der Waals surface area contributed by atoms with E-state index in [1.807, 2.05) is 0 Å². The highest BCUT2D eigenvalue weighted by molar-refractivity contribution is 5.85. The quantitative estimate of drug-likeness (QED) is 0.664. The third-order valence-corrected chi connectivity index (χ3v) is 2.27. The maximum absolute atomic E-state index is 2.24. The van der Waals surface area contributed by atoms with Gasteiger partial charge in [0.15, 0.2) is 0 Å². The van der Waals surface area contributed by atoms with Crippen LogP contribution in [-0.2, 0) is 0 Å². The molecule has 0 radical (unpaired) electrons. The van der Waals surface area contributed by atoms with Crippen LogP contribution < -0.4 is 0 Å². The van der Waals surface area contributed by atoms with Crippen LogP contribution in [0.25, 0.3) is 0 Å². The molecule has 1 rings (SSSR count). The Bertz CT molecular complexity index is 254. The third kappa shape index (κ3) is 3.58. The van der Waals surface area contributed by atoms with Crippen LogP contribution in [0.4, 0.5) is 0 Å². The van der Waals surface area contributed by atoms with Crippen LogP contribution in [-0.4, -0.2) is 0 Å². The number of aryl methyl sites for hydroxylation is 1. The molecule has 0 bridgehead atoms. The summed E-state index contributed by atoms with van der Waals surface area (Å²) in [6.45, 7) is 8.84. The fourth-order valence-electron chi connectivity index (χ4n) is 1.40. The molecule has 13 heavy (non-hydrogen) atoms. The monoisotopic (exact) mass is 220 g/mol. The fourth-order valence-corrected chi connectivity index (χ4v) is 1.40. The van der Waals surface area contributed by atoms with Crippen LogP contribution in [0.5, 0.6) is 0 Å². The van der Waals surface area contributed by atoms with Gasteiger partial charge in [-0.05, 0) is 36.5 Å². The molecule has 0 saturated heterocycles. The van der Waals surface area contributed by atoms with Crippen LogP contribution in [0.3, 0.4) is 0 Å². The first kappa shape index (κ1) is 15.3. The summed E-state index contributed by atoms with van der Waals surface area (Å²) < 4.78 is 0. The van der Waals surface area contributed by atoms with Crippen LogP contribution >= 0.6 is 24.8 Å². The number of rotatable bonds is 1. The van der Waals surface area contributed by atoms with Crippen molar-refractivity contribution in [3.05, 3.63) is 34.9 Å². The molecular formula is C11H18Cl2. The van der Waals surface area contributed by atoms with Gasteiger partial charge in [0.1, 0.15) is 0 Å². The average molecular weight is 221 g/mol. The molecule has 0 atom stereocenters. The largest absolute Gasteiger partial charge is 0.147 e. The Kier molecular flexibility index (Phi) is 7.39. The molecule has 0 saturated carbocycles. The highest BCUT2D eigenvalue weighted by atomic mass is 35.5. The molecule has 0 aliphatic rings. The average Bonchev–Trinajstić information content (AvgIpc) is 1.94. The first-order chi connectivity index (χ1) is 5.13. The zero-order valence-electron chi connectivity index (χ0n) is 8.63. The summed E-state index contributed by atoms with van der Waals surface area (Å²) in [5.41, 5.74) is 4.32. The topological polar surface area (TPSA) is 0 Å². The van der Waals surface area contributed by atoms with Gasteiger partial charge < -0.3 is 0 Å². The molecule has 0 aromatic heterocycles. The van der Waals surface area contributed by atoms with Crippen molar-refractivity contribution in [3.63, 3.8) is 0 Å². The van der Waals surface area contributed by atoms with Crippen molar-refractivity contribution < 1.29 is 0 Å². The Morgan fingerprint density at radius 1 is 1.00 bits per heavy atom. The zero-order valence-corrected chi connectivity index (χ0v) is 10.3. The van der Waals surface area contributed by atoms with Crippen LogP contribution in [0.15, 0.2) is 18.2 Å². The number of hydrogen-bond donors (Lipinski definition) is 0. The minimum Gasteiger partial charge on any atom is -0.147 e. The second-order valence-electron chi connectivity index (χ2n) is 3.44. The second-order valence-corrected chi connectivity index (χ2v) is 3.44. The maximum Gasteiger partial charge on any atom is -0.0216 e. The first-order valence-corrected chi connectivity index (χ1v) is 4.19. The highest BCUT2D eigenvalue weighted by Gasteiger charge is 2.03. The molecule has 2 heteroatoms. The van der Waals surface area contributed by atoms with Crippen LogP contribution in [0, 0.1) is 13.8 Å². The molecule has 1 aromatic rings. The van der Waals surface area contributed by atoms with Gasteiger partial charge in [-0.3, -0.25) is 0 Å². The maximum atomic E-state index is 2.24. The van der Waals surface area contributed by atoms with Gasteiger partial charge in [0.2, 0.25) is 0 Å². The Labute approximate surface area is 93.6 Å². The zero-order chi connectivity index (χ0) is 8.43. The van der Waals surface area contributed by atoms with Crippen molar-refractivity contribution in [1.29, 1.82) is 0 Å².